The summed E-state index contributed by atoms with van der Waals surface area (Å²) in [6.45, 7) is 2.64. The summed E-state index contributed by atoms with van der Waals surface area (Å²) in [4.78, 5) is 4.56. The SMILES string of the molecule is CCCc1ccc(-c2nc(CN)n(C)c2Br)cc1. The molecule has 2 N–H and O–H groups in total. The first-order valence-electron chi connectivity index (χ1n) is 6.17. The van der Waals surface area contributed by atoms with Crippen molar-refractivity contribution in [2.24, 2.45) is 12.8 Å². The predicted molar refractivity (Wildman–Crippen MR) is 78.2 cm³/mol. The Bertz CT molecular complexity index is 529. The summed E-state index contributed by atoms with van der Waals surface area (Å²) in [7, 11) is 1.97. The van der Waals surface area contributed by atoms with Gasteiger partial charge in [0.25, 0.3) is 0 Å². The third-order valence-corrected chi connectivity index (χ3v) is 3.97. The summed E-state index contributed by atoms with van der Waals surface area (Å²) in [5, 5.41) is 0. The van der Waals surface area contributed by atoms with Crippen LogP contribution in [-0.4, -0.2) is 9.55 Å². The lowest BCUT2D eigenvalue weighted by atomic mass is 10.1. The molecule has 0 aliphatic heterocycles. The van der Waals surface area contributed by atoms with Gasteiger partial charge in [-0.15, -0.1) is 0 Å². The minimum atomic E-state index is 0.447. The molecule has 96 valence electrons. The monoisotopic (exact) mass is 307 g/mol. The van der Waals surface area contributed by atoms with Crippen LogP contribution >= 0.6 is 15.9 Å². The summed E-state index contributed by atoms with van der Waals surface area (Å²) >= 11 is 3.57. The lowest BCUT2D eigenvalue weighted by Gasteiger charge is -2.02. The molecule has 0 unspecified atom stereocenters. The van der Waals surface area contributed by atoms with Gasteiger partial charge >= 0.3 is 0 Å². The number of rotatable bonds is 4. The molecular formula is C14H18BrN3. The average Bonchev–Trinajstić information content (AvgIpc) is 2.68. The first-order valence-corrected chi connectivity index (χ1v) is 6.97. The van der Waals surface area contributed by atoms with E-state index in [1.54, 1.807) is 0 Å². The largest absolute Gasteiger partial charge is 0.324 e. The third-order valence-electron chi connectivity index (χ3n) is 3.07. The molecule has 3 nitrogen and oxygen atoms in total. The molecule has 0 aliphatic carbocycles. The fraction of sp³-hybridized carbons (Fsp3) is 0.357. The Balaban J connectivity index is 2.36. The molecule has 0 spiro atoms. The van der Waals surface area contributed by atoms with E-state index in [1.165, 1.54) is 12.0 Å². The first kappa shape index (κ1) is 13.3. The maximum Gasteiger partial charge on any atom is 0.123 e. The Labute approximate surface area is 116 Å². The van der Waals surface area contributed by atoms with Crippen molar-refractivity contribution in [3.63, 3.8) is 0 Å². The summed E-state index contributed by atoms with van der Waals surface area (Å²) in [6.07, 6.45) is 2.29. The number of aryl methyl sites for hydroxylation is 1. The summed E-state index contributed by atoms with van der Waals surface area (Å²) in [6, 6.07) is 8.58. The maximum absolute atomic E-state index is 5.67. The molecule has 1 heterocycles. The van der Waals surface area contributed by atoms with Crippen molar-refractivity contribution in [2.45, 2.75) is 26.3 Å². The zero-order valence-corrected chi connectivity index (χ0v) is 12.4. The van der Waals surface area contributed by atoms with E-state index in [-0.39, 0.29) is 0 Å². The molecule has 0 fully saturated rings. The fourth-order valence-corrected chi connectivity index (χ4v) is 2.53. The molecule has 18 heavy (non-hydrogen) atoms. The predicted octanol–water partition coefficient (Wildman–Crippen LogP) is 3.26. The van der Waals surface area contributed by atoms with Crippen molar-refractivity contribution < 1.29 is 0 Å². The van der Waals surface area contributed by atoms with E-state index in [2.05, 4.69) is 52.1 Å². The molecule has 0 radical (unpaired) electrons. The molecule has 0 saturated heterocycles. The maximum atomic E-state index is 5.67. The van der Waals surface area contributed by atoms with E-state index in [0.29, 0.717) is 6.54 Å². The third kappa shape index (κ3) is 2.49. The van der Waals surface area contributed by atoms with Gasteiger partial charge in [-0.2, -0.15) is 0 Å². The molecule has 2 aromatic rings. The van der Waals surface area contributed by atoms with Gasteiger partial charge in [0, 0.05) is 12.6 Å². The minimum Gasteiger partial charge on any atom is -0.324 e. The molecular weight excluding hydrogens is 290 g/mol. The van der Waals surface area contributed by atoms with Crippen LogP contribution in [0, 0.1) is 0 Å². The number of benzene rings is 1. The normalized spacial score (nSPS) is 10.9. The van der Waals surface area contributed by atoms with Gasteiger partial charge in [0.15, 0.2) is 0 Å². The van der Waals surface area contributed by atoms with Crippen LogP contribution in [0.4, 0.5) is 0 Å². The second kappa shape index (κ2) is 5.67. The Morgan fingerprint density at radius 2 is 1.94 bits per heavy atom. The average molecular weight is 308 g/mol. The molecule has 0 saturated carbocycles. The number of halogens is 1. The number of hydrogen-bond acceptors (Lipinski definition) is 2. The standard InChI is InChI=1S/C14H18BrN3/c1-3-4-10-5-7-11(8-6-10)13-14(15)18(2)12(9-16)17-13/h5-8H,3-4,9,16H2,1-2H3. The number of hydrogen-bond donors (Lipinski definition) is 1. The second-order valence-electron chi connectivity index (χ2n) is 4.38. The van der Waals surface area contributed by atoms with Gasteiger partial charge in [0.05, 0.1) is 6.54 Å². The van der Waals surface area contributed by atoms with Crippen LogP contribution in [0.2, 0.25) is 0 Å². The van der Waals surface area contributed by atoms with Crippen LogP contribution in [0.15, 0.2) is 28.9 Å². The van der Waals surface area contributed by atoms with Crippen molar-refractivity contribution in [3.05, 3.63) is 40.3 Å². The molecule has 0 bridgehead atoms. The van der Waals surface area contributed by atoms with Gasteiger partial charge in [-0.05, 0) is 27.9 Å². The summed E-state index contributed by atoms with van der Waals surface area (Å²) < 4.78 is 2.96. The Kier molecular flexibility index (Phi) is 4.19. The highest BCUT2D eigenvalue weighted by Gasteiger charge is 2.12. The van der Waals surface area contributed by atoms with Gasteiger partial charge in [-0.3, -0.25) is 0 Å². The van der Waals surface area contributed by atoms with E-state index in [0.717, 1.165) is 28.1 Å². The van der Waals surface area contributed by atoms with Gasteiger partial charge in [0.1, 0.15) is 16.1 Å². The molecule has 2 rings (SSSR count). The van der Waals surface area contributed by atoms with Crippen LogP contribution in [0.1, 0.15) is 24.7 Å². The smallest absolute Gasteiger partial charge is 0.123 e. The molecule has 0 amide bonds. The molecule has 4 heteroatoms. The van der Waals surface area contributed by atoms with E-state index in [4.69, 9.17) is 5.73 Å². The topological polar surface area (TPSA) is 43.8 Å². The highest BCUT2D eigenvalue weighted by Crippen LogP contribution is 2.28. The van der Waals surface area contributed by atoms with Gasteiger partial charge in [-0.25, -0.2) is 4.98 Å². The number of aromatic nitrogens is 2. The van der Waals surface area contributed by atoms with Gasteiger partial charge in [-0.1, -0.05) is 37.6 Å². The first-order chi connectivity index (χ1) is 8.67. The fourth-order valence-electron chi connectivity index (χ4n) is 2.01. The number of nitrogens with zero attached hydrogens (tertiary/aromatic N) is 2. The van der Waals surface area contributed by atoms with Crippen LogP contribution in [-0.2, 0) is 20.0 Å². The zero-order valence-electron chi connectivity index (χ0n) is 10.8. The molecule has 1 aromatic carbocycles. The van der Waals surface area contributed by atoms with Crippen LogP contribution in [0.3, 0.4) is 0 Å². The lowest BCUT2D eigenvalue weighted by Crippen LogP contribution is -2.04. The zero-order chi connectivity index (χ0) is 13.1. The second-order valence-corrected chi connectivity index (χ2v) is 5.13. The highest BCUT2D eigenvalue weighted by atomic mass is 79.9. The van der Waals surface area contributed by atoms with Gasteiger partial charge in [0.2, 0.25) is 0 Å². The Morgan fingerprint density at radius 1 is 1.28 bits per heavy atom. The van der Waals surface area contributed by atoms with Crippen LogP contribution in [0.5, 0.6) is 0 Å². The van der Waals surface area contributed by atoms with E-state index >= 15 is 0 Å². The molecule has 0 aliphatic rings. The van der Waals surface area contributed by atoms with Crippen LogP contribution < -0.4 is 5.73 Å². The summed E-state index contributed by atoms with van der Waals surface area (Å²) in [5.41, 5.74) is 9.12. The van der Waals surface area contributed by atoms with Crippen molar-refractivity contribution in [1.29, 1.82) is 0 Å². The minimum absolute atomic E-state index is 0.447. The molecule has 1 aromatic heterocycles. The van der Waals surface area contributed by atoms with E-state index in [1.807, 2.05) is 11.6 Å². The highest BCUT2D eigenvalue weighted by molar-refractivity contribution is 9.10. The summed E-state index contributed by atoms with van der Waals surface area (Å²) in [5.74, 6) is 0.884. The van der Waals surface area contributed by atoms with E-state index in [9.17, 15) is 0 Å². The number of imidazole rings is 1. The van der Waals surface area contributed by atoms with Crippen LogP contribution in [0.25, 0.3) is 11.3 Å². The molecule has 0 atom stereocenters. The van der Waals surface area contributed by atoms with Crippen molar-refractivity contribution in [1.82, 2.24) is 9.55 Å². The quantitative estimate of drug-likeness (QED) is 0.942. The number of nitrogens with two attached hydrogens (primary N) is 1. The van der Waals surface area contributed by atoms with Crippen molar-refractivity contribution >= 4 is 15.9 Å². The Morgan fingerprint density at radius 3 is 2.44 bits per heavy atom. The van der Waals surface area contributed by atoms with E-state index < -0.39 is 0 Å². The van der Waals surface area contributed by atoms with Crippen molar-refractivity contribution in [2.75, 3.05) is 0 Å². The lowest BCUT2D eigenvalue weighted by molar-refractivity contribution is 0.781. The Hall–Kier alpha value is -1.13. The van der Waals surface area contributed by atoms with Gasteiger partial charge < -0.3 is 10.3 Å². The van der Waals surface area contributed by atoms with Crippen molar-refractivity contribution in [3.8, 4) is 11.3 Å².